The monoisotopic (exact) mass is 397 g/mol. The minimum atomic E-state index is -0.172. The van der Waals surface area contributed by atoms with Crippen LogP contribution < -0.4 is 4.90 Å². The fourth-order valence-electron chi connectivity index (χ4n) is 2.76. The van der Waals surface area contributed by atoms with Gasteiger partial charge in [0.15, 0.2) is 5.78 Å². The molecule has 0 bridgehead atoms. The highest BCUT2D eigenvalue weighted by atomic mass is 35.5. The second-order valence-electron chi connectivity index (χ2n) is 6.37. The number of pyridine rings is 1. The van der Waals surface area contributed by atoms with E-state index in [1.807, 2.05) is 19.1 Å². The van der Waals surface area contributed by atoms with E-state index in [1.54, 1.807) is 49.5 Å². The molecular weight excluding hydrogens is 378 g/mol. The van der Waals surface area contributed by atoms with Crippen molar-refractivity contribution in [3.8, 4) is 11.1 Å². The molecule has 0 aliphatic rings. The normalized spacial score (nSPS) is 10.7. The van der Waals surface area contributed by atoms with Crippen LogP contribution in [0.1, 0.15) is 35.5 Å². The van der Waals surface area contributed by atoms with Crippen molar-refractivity contribution in [3.63, 3.8) is 0 Å². The van der Waals surface area contributed by atoms with Crippen LogP contribution in [-0.4, -0.2) is 28.7 Å². The number of aryl methyl sites for hydroxylation is 1. The first-order chi connectivity index (χ1) is 13.4. The van der Waals surface area contributed by atoms with E-state index in [0.717, 1.165) is 16.8 Å². The first-order valence-corrected chi connectivity index (χ1v) is 9.24. The van der Waals surface area contributed by atoms with Crippen LogP contribution in [0, 0.1) is 6.92 Å². The number of oxazole rings is 1. The maximum atomic E-state index is 12.3. The maximum absolute atomic E-state index is 12.3. The fourth-order valence-corrected chi connectivity index (χ4v) is 3.04. The molecule has 2 heterocycles. The van der Waals surface area contributed by atoms with Crippen LogP contribution in [0.15, 0.2) is 47.1 Å². The van der Waals surface area contributed by atoms with Gasteiger partial charge in [-0.15, -0.1) is 0 Å². The largest absolute Gasteiger partial charge is 0.446 e. The van der Waals surface area contributed by atoms with Crippen molar-refractivity contribution >= 4 is 29.0 Å². The number of nitrogens with zero attached hydrogens (tertiary/aromatic N) is 3. The summed E-state index contributed by atoms with van der Waals surface area (Å²) in [5.74, 6) is 0.873. The zero-order valence-corrected chi connectivity index (χ0v) is 16.7. The third-order valence-corrected chi connectivity index (χ3v) is 4.67. The lowest BCUT2D eigenvalue weighted by Crippen LogP contribution is -2.24. The Morgan fingerprint density at radius 1 is 1.14 bits per heavy atom. The number of carbonyl (C=O) groups is 2. The molecule has 0 unspecified atom stereocenters. The Balaban J connectivity index is 1.77. The molecule has 0 aliphatic carbocycles. The van der Waals surface area contributed by atoms with Gasteiger partial charge in [-0.2, -0.15) is 0 Å². The van der Waals surface area contributed by atoms with Gasteiger partial charge in [0.05, 0.1) is 17.6 Å². The maximum Gasteiger partial charge on any atom is 0.226 e. The molecule has 7 heteroatoms. The molecule has 2 aromatic heterocycles. The summed E-state index contributed by atoms with van der Waals surface area (Å²) in [5, 5.41) is 0.504. The highest BCUT2D eigenvalue weighted by molar-refractivity contribution is 6.33. The zero-order chi connectivity index (χ0) is 20.3. The molecule has 0 aliphatic heterocycles. The van der Waals surface area contributed by atoms with E-state index in [0.29, 0.717) is 28.8 Å². The lowest BCUT2D eigenvalue weighted by molar-refractivity contribution is -0.118. The van der Waals surface area contributed by atoms with Gasteiger partial charge in [0.1, 0.15) is 11.5 Å². The molecular formula is C21H20ClN3O3. The van der Waals surface area contributed by atoms with E-state index in [-0.39, 0.29) is 18.1 Å². The van der Waals surface area contributed by atoms with Gasteiger partial charge in [-0.05, 0) is 25.1 Å². The number of benzene rings is 1. The fraction of sp³-hybridized carbons (Fsp3) is 0.238. The summed E-state index contributed by atoms with van der Waals surface area (Å²) in [6.07, 6.45) is 3.67. The highest BCUT2D eigenvalue weighted by Crippen LogP contribution is 2.31. The van der Waals surface area contributed by atoms with Gasteiger partial charge in [0, 0.05) is 36.5 Å². The molecule has 6 nitrogen and oxygen atoms in total. The van der Waals surface area contributed by atoms with Gasteiger partial charge in [-0.3, -0.25) is 14.6 Å². The van der Waals surface area contributed by atoms with Gasteiger partial charge >= 0.3 is 0 Å². The zero-order valence-electron chi connectivity index (χ0n) is 15.9. The summed E-state index contributed by atoms with van der Waals surface area (Å²) < 4.78 is 5.33. The average molecular weight is 398 g/mol. The number of amides is 1. The Bertz CT molecular complexity index is 1010. The SMILES string of the molecule is CCC(=O)N(C)c1ccc(-c2ccc(C(=O)Cc3ncc(C)o3)nc2)c(Cl)c1. The molecule has 0 N–H and O–H groups in total. The van der Waals surface area contributed by atoms with Crippen LogP contribution in [0.2, 0.25) is 5.02 Å². The molecule has 1 aromatic carbocycles. The second kappa shape index (κ2) is 8.35. The van der Waals surface area contributed by atoms with Crippen molar-refractivity contribution < 1.29 is 14.0 Å². The molecule has 0 saturated heterocycles. The Hall–Kier alpha value is -2.99. The molecule has 0 spiro atoms. The van der Waals surface area contributed by atoms with E-state index in [2.05, 4.69) is 9.97 Å². The number of hydrogen-bond donors (Lipinski definition) is 0. The standard InChI is InChI=1S/C21H20ClN3O3/c1-4-21(27)25(3)15-6-7-16(17(22)9-15)14-5-8-18(23-12-14)19(26)10-20-24-11-13(2)28-20/h5-9,11-12H,4,10H2,1-3H3. The first-order valence-electron chi connectivity index (χ1n) is 8.86. The van der Waals surface area contributed by atoms with Gasteiger partial charge in [-0.1, -0.05) is 30.7 Å². The summed E-state index contributed by atoms with van der Waals surface area (Å²) in [4.78, 5) is 34.0. The number of ketones is 1. The number of Topliss-reactive ketones (excluding diaryl/α,β-unsaturated/α-hetero) is 1. The van der Waals surface area contributed by atoms with Crippen molar-refractivity contribution in [2.75, 3.05) is 11.9 Å². The Labute approximate surface area is 168 Å². The van der Waals surface area contributed by atoms with Gasteiger partial charge in [0.25, 0.3) is 0 Å². The van der Waals surface area contributed by atoms with Crippen LogP contribution in [0.4, 0.5) is 5.69 Å². The van der Waals surface area contributed by atoms with Crippen LogP contribution in [0.5, 0.6) is 0 Å². The van der Waals surface area contributed by atoms with Gasteiger partial charge in [0.2, 0.25) is 11.8 Å². The third kappa shape index (κ3) is 4.28. The topological polar surface area (TPSA) is 76.3 Å². The number of halogens is 1. The Morgan fingerprint density at radius 3 is 2.50 bits per heavy atom. The van der Waals surface area contributed by atoms with E-state index in [9.17, 15) is 9.59 Å². The molecule has 0 radical (unpaired) electrons. The minimum absolute atomic E-state index is 0.00888. The summed E-state index contributed by atoms with van der Waals surface area (Å²) >= 11 is 6.41. The first kappa shape index (κ1) is 19.8. The van der Waals surface area contributed by atoms with Gasteiger partial charge < -0.3 is 9.32 Å². The molecule has 3 aromatic rings. The van der Waals surface area contributed by atoms with E-state index in [1.165, 1.54) is 0 Å². The quantitative estimate of drug-likeness (QED) is 0.572. The molecule has 0 saturated carbocycles. The summed E-state index contributed by atoms with van der Waals surface area (Å²) in [6, 6.07) is 8.87. The van der Waals surface area contributed by atoms with Crippen LogP contribution >= 0.6 is 11.6 Å². The second-order valence-corrected chi connectivity index (χ2v) is 6.77. The smallest absolute Gasteiger partial charge is 0.226 e. The van der Waals surface area contributed by atoms with Crippen LogP contribution in [0.25, 0.3) is 11.1 Å². The van der Waals surface area contributed by atoms with E-state index < -0.39 is 0 Å². The van der Waals surface area contributed by atoms with Crippen molar-refractivity contribution in [2.45, 2.75) is 26.7 Å². The predicted molar refractivity (Wildman–Crippen MR) is 108 cm³/mol. The summed E-state index contributed by atoms with van der Waals surface area (Å²) in [7, 11) is 1.72. The highest BCUT2D eigenvalue weighted by Gasteiger charge is 2.14. The molecule has 1 amide bonds. The number of carbonyl (C=O) groups excluding carboxylic acids is 2. The van der Waals surface area contributed by atoms with E-state index in [4.69, 9.17) is 16.0 Å². The third-order valence-electron chi connectivity index (χ3n) is 4.36. The molecule has 0 fully saturated rings. The predicted octanol–water partition coefficient (Wildman–Crippen LogP) is 4.50. The van der Waals surface area contributed by atoms with Crippen molar-refractivity contribution in [3.05, 3.63) is 65.1 Å². The van der Waals surface area contributed by atoms with E-state index >= 15 is 0 Å². The Kier molecular flexibility index (Phi) is 5.90. The number of hydrogen-bond acceptors (Lipinski definition) is 5. The number of aromatic nitrogens is 2. The number of rotatable bonds is 6. The molecule has 28 heavy (non-hydrogen) atoms. The minimum Gasteiger partial charge on any atom is -0.446 e. The lowest BCUT2D eigenvalue weighted by atomic mass is 10.1. The van der Waals surface area contributed by atoms with Crippen molar-refractivity contribution in [1.82, 2.24) is 9.97 Å². The van der Waals surface area contributed by atoms with Crippen molar-refractivity contribution in [2.24, 2.45) is 0 Å². The van der Waals surface area contributed by atoms with Crippen molar-refractivity contribution in [1.29, 1.82) is 0 Å². The lowest BCUT2D eigenvalue weighted by Gasteiger charge is -2.17. The molecule has 0 atom stereocenters. The van der Waals surface area contributed by atoms with Crippen LogP contribution in [0.3, 0.4) is 0 Å². The molecule has 3 rings (SSSR count). The summed E-state index contributed by atoms with van der Waals surface area (Å²) in [5.41, 5.74) is 2.62. The summed E-state index contributed by atoms with van der Waals surface area (Å²) in [6.45, 7) is 3.59. The van der Waals surface area contributed by atoms with Crippen LogP contribution in [-0.2, 0) is 11.2 Å². The molecule has 144 valence electrons. The van der Waals surface area contributed by atoms with Gasteiger partial charge in [-0.25, -0.2) is 4.98 Å². The average Bonchev–Trinajstić information content (AvgIpc) is 3.11. The number of anilines is 1. The Morgan fingerprint density at radius 2 is 1.93 bits per heavy atom.